The molecule has 0 aliphatic heterocycles. The molecule has 0 saturated heterocycles. The molecular formula is C7H10F3NO. The normalized spacial score (nSPS) is 10.9. The Bertz CT molecular complexity index is 165. The van der Waals surface area contributed by atoms with Gasteiger partial charge in [0, 0.05) is 13.0 Å². The number of hydrogen-bond acceptors (Lipinski definition) is 1. The molecule has 70 valence electrons. The number of rotatable bonds is 4. The summed E-state index contributed by atoms with van der Waals surface area (Å²) in [5.74, 6) is -0.447. The molecule has 0 aliphatic carbocycles. The van der Waals surface area contributed by atoms with Crippen molar-refractivity contribution in [3.63, 3.8) is 0 Å². The van der Waals surface area contributed by atoms with E-state index in [1.165, 1.54) is 0 Å². The predicted molar refractivity (Wildman–Crippen MR) is 38.5 cm³/mol. The van der Waals surface area contributed by atoms with Gasteiger partial charge in [0.1, 0.15) is 0 Å². The predicted octanol–water partition coefficient (Wildman–Crippen LogP) is 1.63. The molecule has 0 saturated carbocycles. The Labute approximate surface area is 68.4 Å². The van der Waals surface area contributed by atoms with Gasteiger partial charge in [-0.15, -0.1) is 0 Å². The maximum atomic E-state index is 11.5. The summed E-state index contributed by atoms with van der Waals surface area (Å²) in [6.07, 6.45) is -4.08. The number of nitrogens with one attached hydrogen (secondary N) is 1. The Morgan fingerprint density at radius 1 is 1.50 bits per heavy atom. The van der Waals surface area contributed by atoms with Crippen LogP contribution in [0.3, 0.4) is 0 Å². The van der Waals surface area contributed by atoms with E-state index in [2.05, 4.69) is 11.9 Å². The third kappa shape index (κ3) is 7.11. The molecule has 0 rings (SSSR count). The second kappa shape index (κ2) is 4.79. The van der Waals surface area contributed by atoms with Crippen molar-refractivity contribution in [1.82, 2.24) is 5.32 Å². The Hall–Kier alpha value is -1.00. The minimum atomic E-state index is -4.14. The van der Waals surface area contributed by atoms with E-state index in [4.69, 9.17) is 0 Å². The number of amides is 1. The first-order chi connectivity index (χ1) is 5.45. The van der Waals surface area contributed by atoms with Crippen LogP contribution in [0.15, 0.2) is 12.7 Å². The Balaban J connectivity index is 3.34. The van der Waals surface area contributed by atoms with Crippen LogP contribution in [-0.2, 0) is 4.79 Å². The van der Waals surface area contributed by atoms with E-state index in [0.29, 0.717) is 0 Å². The average Bonchev–Trinajstić information content (AvgIpc) is 1.96. The third-order valence-corrected chi connectivity index (χ3v) is 1.12. The minimum absolute atomic E-state index is 0.0321. The van der Waals surface area contributed by atoms with E-state index < -0.39 is 18.5 Å². The summed E-state index contributed by atoms with van der Waals surface area (Å²) < 4.78 is 34.6. The molecule has 0 spiro atoms. The monoisotopic (exact) mass is 181 g/mol. The topological polar surface area (TPSA) is 29.1 Å². The van der Waals surface area contributed by atoms with Gasteiger partial charge < -0.3 is 5.32 Å². The van der Waals surface area contributed by atoms with Gasteiger partial charge in [0.05, 0.1) is 0 Å². The minimum Gasteiger partial charge on any atom is -0.353 e. The molecule has 12 heavy (non-hydrogen) atoms. The molecule has 0 radical (unpaired) electrons. The molecule has 0 aromatic carbocycles. The molecule has 0 aromatic heterocycles. The smallest absolute Gasteiger partial charge is 0.353 e. The molecule has 2 nitrogen and oxygen atoms in total. The molecular weight excluding hydrogens is 171 g/mol. The quantitative estimate of drug-likeness (QED) is 0.518. The van der Waals surface area contributed by atoms with Crippen LogP contribution in [0.1, 0.15) is 12.8 Å². The number of carbonyl (C=O) groups is 1. The molecule has 1 amide bonds. The van der Waals surface area contributed by atoms with E-state index in [-0.39, 0.29) is 13.0 Å². The Morgan fingerprint density at radius 2 is 2.08 bits per heavy atom. The van der Waals surface area contributed by atoms with Gasteiger partial charge in [-0.25, -0.2) is 0 Å². The Morgan fingerprint density at radius 3 is 2.50 bits per heavy atom. The number of alkyl halides is 3. The molecule has 1 N–H and O–H groups in total. The average molecular weight is 181 g/mol. The number of carbonyl (C=O) groups excluding carboxylic acids is 1. The number of hydrogen-bond donors (Lipinski definition) is 1. The van der Waals surface area contributed by atoms with E-state index in [1.54, 1.807) is 0 Å². The van der Waals surface area contributed by atoms with Crippen LogP contribution in [0.4, 0.5) is 13.2 Å². The largest absolute Gasteiger partial charge is 0.389 e. The van der Waals surface area contributed by atoms with Crippen LogP contribution in [-0.4, -0.2) is 18.6 Å². The standard InChI is InChI=1S/C7H10F3NO/c1-2-6(12)11-5-3-4-7(8,9)10/h2H,1,3-5H2,(H,11,12). The van der Waals surface area contributed by atoms with Crippen molar-refractivity contribution in [3.05, 3.63) is 12.7 Å². The second-order valence-corrected chi connectivity index (χ2v) is 2.21. The van der Waals surface area contributed by atoms with Crippen LogP contribution in [0.2, 0.25) is 0 Å². The summed E-state index contributed by atoms with van der Waals surface area (Å²) in [7, 11) is 0. The van der Waals surface area contributed by atoms with E-state index in [1.807, 2.05) is 0 Å². The highest BCUT2D eigenvalue weighted by atomic mass is 19.4. The van der Waals surface area contributed by atoms with Crippen molar-refractivity contribution in [2.45, 2.75) is 19.0 Å². The fourth-order valence-corrected chi connectivity index (χ4v) is 0.573. The van der Waals surface area contributed by atoms with Gasteiger partial charge in [-0.2, -0.15) is 13.2 Å². The number of halogens is 3. The molecule has 0 heterocycles. The summed E-state index contributed by atoms with van der Waals surface area (Å²) >= 11 is 0. The zero-order valence-corrected chi connectivity index (χ0v) is 6.45. The zero-order valence-electron chi connectivity index (χ0n) is 6.45. The summed E-state index contributed by atoms with van der Waals surface area (Å²) in [5, 5.41) is 2.25. The van der Waals surface area contributed by atoms with Crippen LogP contribution < -0.4 is 5.32 Å². The van der Waals surface area contributed by atoms with Gasteiger partial charge in [-0.1, -0.05) is 6.58 Å². The molecule has 0 aromatic rings. The second-order valence-electron chi connectivity index (χ2n) is 2.21. The lowest BCUT2D eigenvalue weighted by atomic mass is 10.3. The molecule has 0 bridgehead atoms. The first-order valence-electron chi connectivity index (χ1n) is 3.43. The van der Waals surface area contributed by atoms with Crippen molar-refractivity contribution in [2.24, 2.45) is 0 Å². The summed E-state index contributed by atoms with van der Waals surface area (Å²) in [4.78, 5) is 10.4. The van der Waals surface area contributed by atoms with Gasteiger partial charge in [-0.05, 0) is 12.5 Å². The molecule has 5 heteroatoms. The van der Waals surface area contributed by atoms with Crippen molar-refractivity contribution < 1.29 is 18.0 Å². The fourth-order valence-electron chi connectivity index (χ4n) is 0.573. The summed E-state index contributed by atoms with van der Waals surface area (Å²) in [5.41, 5.74) is 0. The van der Waals surface area contributed by atoms with Crippen LogP contribution >= 0.6 is 0 Å². The maximum absolute atomic E-state index is 11.5. The highest BCUT2D eigenvalue weighted by molar-refractivity contribution is 5.86. The van der Waals surface area contributed by atoms with E-state index in [0.717, 1.165) is 6.08 Å². The first kappa shape index (κ1) is 11.0. The molecule has 0 fully saturated rings. The van der Waals surface area contributed by atoms with Gasteiger partial charge in [-0.3, -0.25) is 4.79 Å². The van der Waals surface area contributed by atoms with Crippen LogP contribution in [0.25, 0.3) is 0 Å². The molecule has 0 aliphatic rings. The lowest BCUT2D eigenvalue weighted by Gasteiger charge is -2.05. The third-order valence-electron chi connectivity index (χ3n) is 1.12. The van der Waals surface area contributed by atoms with Gasteiger partial charge in [0.15, 0.2) is 0 Å². The van der Waals surface area contributed by atoms with Crippen molar-refractivity contribution in [3.8, 4) is 0 Å². The first-order valence-corrected chi connectivity index (χ1v) is 3.43. The van der Waals surface area contributed by atoms with E-state index in [9.17, 15) is 18.0 Å². The fraction of sp³-hybridized carbons (Fsp3) is 0.571. The summed E-state index contributed by atoms with van der Waals surface area (Å²) in [6.45, 7) is 3.19. The van der Waals surface area contributed by atoms with Crippen molar-refractivity contribution in [1.29, 1.82) is 0 Å². The maximum Gasteiger partial charge on any atom is 0.389 e. The Kier molecular flexibility index (Phi) is 4.39. The van der Waals surface area contributed by atoms with Gasteiger partial charge >= 0.3 is 6.18 Å². The lowest BCUT2D eigenvalue weighted by Crippen LogP contribution is -2.23. The SMILES string of the molecule is C=CC(=O)NCCCC(F)(F)F. The highest BCUT2D eigenvalue weighted by Gasteiger charge is 2.25. The van der Waals surface area contributed by atoms with Crippen LogP contribution in [0.5, 0.6) is 0 Å². The van der Waals surface area contributed by atoms with Crippen LogP contribution in [0, 0.1) is 0 Å². The van der Waals surface area contributed by atoms with Crippen molar-refractivity contribution >= 4 is 5.91 Å². The van der Waals surface area contributed by atoms with E-state index >= 15 is 0 Å². The summed E-state index contributed by atoms with van der Waals surface area (Å²) in [6, 6.07) is 0. The molecule has 0 atom stereocenters. The van der Waals surface area contributed by atoms with Crippen molar-refractivity contribution in [2.75, 3.05) is 6.54 Å². The zero-order chi connectivity index (χ0) is 9.61. The molecule has 0 unspecified atom stereocenters. The highest BCUT2D eigenvalue weighted by Crippen LogP contribution is 2.20. The van der Waals surface area contributed by atoms with Gasteiger partial charge in [0.2, 0.25) is 5.91 Å². The van der Waals surface area contributed by atoms with Gasteiger partial charge in [0.25, 0.3) is 0 Å². The lowest BCUT2D eigenvalue weighted by molar-refractivity contribution is -0.135.